The van der Waals surface area contributed by atoms with E-state index in [0.29, 0.717) is 12.6 Å². The number of amides is 2. The lowest BCUT2D eigenvalue weighted by molar-refractivity contribution is -0.120. The van der Waals surface area contributed by atoms with Gasteiger partial charge in [0.05, 0.1) is 6.54 Å². The van der Waals surface area contributed by atoms with Crippen LogP contribution in [-0.2, 0) is 17.9 Å². The average Bonchev–Trinajstić information content (AvgIpc) is 2.65. The molecule has 2 aromatic rings. The average molecular weight is 371 g/mol. The van der Waals surface area contributed by atoms with Crippen LogP contribution in [-0.4, -0.2) is 36.3 Å². The number of hydrogen-bond donors (Lipinski definition) is 2. The summed E-state index contributed by atoms with van der Waals surface area (Å²) in [5.41, 5.74) is 2.37. The van der Waals surface area contributed by atoms with E-state index in [1.165, 1.54) is 18.2 Å². The number of halogens is 1. The van der Waals surface area contributed by atoms with E-state index in [-0.39, 0.29) is 18.0 Å². The topological polar surface area (TPSA) is 61.4 Å². The van der Waals surface area contributed by atoms with E-state index in [4.69, 9.17) is 0 Å². The first-order valence-corrected chi connectivity index (χ1v) is 8.94. The zero-order valence-electron chi connectivity index (χ0n) is 16.0. The molecule has 0 saturated heterocycles. The fourth-order valence-electron chi connectivity index (χ4n) is 2.48. The molecule has 2 N–H and O–H groups in total. The number of nitrogens with one attached hydrogen (secondary N) is 2. The maximum absolute atomic E-state index is 13.2. The van der Waals surface area contributed by atoms with Gasteiger partial charge in [0.25, 0.3) is 5.91 Å². The number of benzene rings is 2. The standard InChI is InChI=1S/C21H26FN3O2/c1-15(2)25(3)14-18-8-5-4-7-17(18)12-23-20(26)13-24-21(27)16-9-6-10-19(22)11-16/h4-11,15H,12-14H2,1-3H3,(H,23,26)(H,24,27). The Balaban J connectivity index is 1.86. The molecule has 0 aliphatic carbocycles. The zero-order valence-corrected chi connectivity index (χ0v) is 16.0. The van der Waals surface area contributed by atoms with Crippen LogP contribution in [0.5, 0.6) is 0 Å². The van der Waals surface area contributed by atoms with Crippen LogP contribution in [0.25, 0.3) is 0 Å². The van der Waals surface area contributed by atoms with E-state index < -0.39 is 11.7 Å². The minimum Gasteiger partial charge on any atom is -0.350 e. The molecule has 0 unspecified atom stereocenters. The van der Waals surface area contributed by atoms with E-state index in [2.05, 4.69) is 36.4 Å². The lowest BCUT2D eigenvalue weighted by Crippen LogP contribution is -2.37. The van der Waals surface area contributed by atoms with Crippen LogP contribution in [0.2, 0.25) is 0 Å². The summed E-state index contributed by atoms with van der Waals surface area (Å²) in [4.78, 5) is 26.2. The summed E-state index contributed by atoms with van der Waals surface area (Å²) in [5.74, 6) is -1.27. The Hall–Kier alpha value is -2.73. The molecule has 6 heteroatoms. The van der Waals surface area contributed by atoms with Crippen LogP contribution in [0, 0.1) is 5.82 Å². The third kappa shape index (κ3) is 6.49. The van der Waals surface area contributed by atoms with Crippen LogP contribution in [0.4, 0.5) is 4.39 Å². The van der Waals surface area contributed by atoms with Crippen LogP contribution < -0.4 is 10.6 Å². The van der Waals surface area contributed by atoms with Crippen molar-refractivity contribution in [2.24, 2.45) is 0 Å². The second-order valence-corrected chi connectivity index (χ2v) is 6.75. The minimum atomic E-state index is -0.491. The molecule has 27 heavy (non-hydrogen) atoms. The number of nitrogens with zero attached hydrogens (tertiary/aromatic N) is 1. The van der Waals surface area contributed by atoms with Gasteiger partial charge in [0.2, 0.25) is 5.91 Å². The van der Waals surface area contributed by atoms with Gasteiger partial charge in [-0.2, -0.15) is 0 Å². The first-order valence-electron chi connectivity index (χ1n) is 8.94. The van der Waals surface area contributed by atoms with Crippen LogP contribution in [0.3, 0.4) is 0 Å². The van der Waals surface area contributed by atoms with E-state index in [1.807, 2.05) is 24.3 Å². The Kier molecular flexibility index (Phi) is 7.49. The summed E-state index contributed by atoms with van der Waals surface area (Å²) in [6.07, 6.45) is 0. The Bertz CT molecular complexity index is 793. The Morgan fingerprint density at radius 1 is 1.04 bits per heavy atom. The van der Waals surface area contributed by atoms with Crippen molar-refractivity contribution in [1.82, 2.24) is 15.5 Å². The van der Waals surface area contributed by atoms with Gasteiger partial charge in [0.15, 0.2) is 0 Å². The van der Waals surface area contributed by atoms with E-state index in [1.54, 1.807) is 0 Å². The molecule has 0 aliphatic heterocycles. The lowest BCUT2D eigenvalue weighted by Gasteiger charge is -2.22. The molecule has 0 fully saturated rings. The van der Waals surface area contributed by atoms with Gasteiger partial charge in [-0.05, 0) is 50.2 Å². The smallest absolute Gasteiger partial charge is 0.251 e. The van der Waals surface area contributed by atoms with Crippen molar-refractivity contribution in [2.45, 2.75) is 33.0 Å². The van der Waals surface area contributed by atoms with Gasteiger partial charge in [-0.25, -0.2) is 4.39 Å². The maximum atomic E-state index is 13.2. The third-order valence-corrected chi connectivity index (χ3v) is 4.39. The van der Waals surface area contributed by atoms with Crippen molar-refractivity contribution in [2.75, 3.05) is 13.6 Å². The fraction of sp³-hybridized carbons (Fsp3) is 0.333. The Labute approximate surface area is 159 Å². The largest absolute Gasteiger partial charge is 0.350 e. The predicted octanol–water partition coefficient (Wildman–Crippen LogP) is 2.71. The summed E-state index contributed by atoms with van der Waals surface area (Å²) in [7, 11) is 2.06. The van der Waals surface area contributed by atoms with Gasteiger partial charge in [0, 0.05) is 24.7 Å². The van der Waals surface area contributed by atoms with Crippen LogP contribution in [0.1, 0.15) is 35.3 Å². The Morgan fingerprint density at radius 2 is 1.74 bits per heavy atom. The number of carbonyl (C=O) groups is 2. The van der Waals surface area contributed by atoms with E-state index >= 15 is 0 Å². The Morgan fingerprint density at radius 3 is 2.41 bits per heavy atom. The molecule has 0 aromatic heterocycles. The van der Waals surface area contributed by atoms with Crippen LogP contribution in [0.15, 0.2) is 48.5 Å². The lowest BCUT2D eigenvalue weighted by atomic mass is 10.1. The molecule has 0 bridgehead atoms. The minimum absolute atomic E-state index is 0.163. The first kappa shape index (κ1) is 20.6. The summed E-state index contributed by atoms with van der Waals surface area (Å²) in [5, 5.41) is 5.31. The molecule has 0 aliphatic rings. The zero-order chi connectivity index (χ0) is 19.8. The molecule has 0 atom stereocenters. The summed E-state index contributed by atoms with van der Waals surface area (Å²) in [6.45, 7) is 5.28. The van der Waals surface area contributed by atoms with Crippen LogP contribution >= 0.6 is 0 Å². The van der Waals surface area contributed by atoms with Gasteiger partial charge in [-0.15, -0.1) is 0 Å². The van der Waals surface area contributed by atoms with Crippen molar-refractivity contribution >= 4 is 11.8 Å². The molecule has 0 saturated carbocycles. The molecule has 0 spiro atoms. The van der Waals surface area contributed by atoms with Crippen molar-refractivity contribution in [1.29, 1.82) is 0 Å². The molecule has 5 nitrogen and oxygen atoms in total. The fourth-order valence-corrected chi connectivity index (χ4v) is 2.48. The van der Waals surface area contributed by atoms with Gasteiger partial charge >= 0.3 is 0 Å². The van der Waals surface area contributed by atoms with Crippen molar-refractivity contribution in [3.63, 3.8) is 0 Å². The van der Waals surface area contributed by atoms with Gasteiger partial charge in [0.1, 0.15) is 5.82 Å². The normalized spacial score (nSPS) is 10.9. The van der Waals surface area contributed by atoms with Gasteiger partial charge in [-0.1, -0.05) is 30.3 Å². The highest BCUT2D eigenvalue weighted by molar-refractivity contribution is 5.96. The van der Waals surface area contributed by atoms with E-state index in [0.717, 1.165) is 23.7 Å². The van der Waals surface area contributed by atoms with Crippen molar-refractivity contribution < 1.29 is 14.0 Å². The molecule has 2 amide bonds. The highest BCUT2D eigenvalue weighted by Gasteiger charge is 2.11. The molecule has 0 radical (unpaired) electrons. The molecule has 2 aromatic carbocycles. The second kappa shape index (κ2) is 9.83. The number of hydrogen-bond acceptors (Lipinski definition) is 3. The third-order valence-electron chi connectivity index (χ3n) is 4.39. The van der Waals surface area contributed by atoms with Gasteiger partial charge < -0.3 is 10.6 Å². The summed E-state index contributed by atoms with van der Waals surface area (Å²) >= 11 is 0. The number of rotatable bonds is 8. The second-order valence-electron chi connectivity index (χ2n) is 6.75. The summed E-state index contributed by atoms with van der Waals surface area (Å²) < 4.78 is 13.2. The highest BCUT2D eigenvalue weighted by Crippen LogP contribution is 2.12. The first-order chi connectivity index (χ1) is 12.9. The summed E-state index contributed by atoms with van der Waals surface area (Å²) in [6, 6.07) is 13.7. The quantitative estimate of drug-likeness (QED) is 0.750. The number of carbonyl (C=O) groups excluding carboxylic acids is 2. The molecular formula is C21H26FN3O2. The van der Waals surface area contributed by atoms with Crippen molar-refractivity contribution in [3.8, 4) is 0 Å². The van der Waals surface area contributed by atoms with Crippen molar-refractivity contribution in [3.05, 3.63) is 71.0 Å². The van der Waals surface area contributed by atoms with E-state index in [9.17, 15) is 14.0 Å². The van der Waals surface area contributed by atoms with Gasteiger partial charge in [-0.3, -0.25) is 14.5 Å². The molecule has 0 heterocycles. The molecule has 144 valence electrons. The monoisotopic (exact) mass is 371 g/mol. The molecule has 2 rings (SSSR count). The highest BCUT2D eigenvalue weighted by atomic mass is 19.1. The predicted molar refractivity (Wildman–Crippen MR) is 104 cm³/mol. The molecular weight excluding hydrogens is 345 g/mol. The SMILES string of the molecule is CC(C)N(C)Cc1ccccc1CNC(=O)CNC(=O)c1cccc(F)c1. The maximum Gasteiger partial charge on any atom is 0.251 e.